The van der Waals surface area contributed by atoms with Gasteiger partial charge in [-0.3, -0.25) is 9.35 Å². The van der Waals surface area contributed by atoms with E-state index in [1.165, 1.54) is 18.2 Å². The van der Waals surface area contributed by atoms with Crippen molar-refractivity contribution in [1.82, 2.24) is 0 Å². The highest BCUT2D eigenvalue weighted by molar-refractivity contribution is 7.85. The highest BCUT2D eigenvalue weighted by Crippen LogP contribution is 2.18. The van der Waals surface area contributed by atoms with Crippen LogP contribution < -0.4 is 0 Å². The molecule has 0 amide bonds. The number of hydrogen-bond acceptors (Lipinski definition) is 3. The molecule has 5 heteroatoms. The van der Waals surface area contributed by atoms with E-state index in [9.17, 15) is 13.2 Å². The lowest BCUT2D eigenvalue weighted by Gasteiger charge is -2.07. The van der Waals surface area contributed by atoms with Crippen molar-refractivity contribution in [3.63, 3.8) is 0 Å². The summed E-state index contributed by atoms with van der Waals surface area (Å²) in [6, 6.07) is 12.5. The normalized spacial score (nSPS) is 11.3. The molecule has 0 bridgehead atoms. The van der Waals surface area contributed by atoms with Gasteiger partial charge in [-0.05, 0) is 24.6 Å². The van der Waals surface area contributed by atoms with Crippen molar-refractivity contribution in [2.45, 2.75) is 11.8 Å². The van der Waals surface area contributed by atoms with Crippen LogP contribution >= 0.6 is 0 Å². The van der Waals surface area contributed by atoms with Crippen LogP contribution in [0, 0.1) is 6.92 Å². The first-order valence-electron chi connectivity index (χ1n) is 5.57. The van der Waals surface area contributed by atoms with Gasteiger partial charge in [0.15, 0.2) is 5.78 Å². The zero-order valence-electron chi connectivity index (χ0n) is 10.2. The molecule has 0 unspecified atom stereocenters. The van der Waals surface area contributed by atoms with Crippen molar-refractivity contribution in [2.24, 2.45) is 0 Å². The van der Waals surface area contributed by atoms with E-state index in [1.54, 1.807) is 37.3 Å². The van der Waals surface area contributed by atoms with Crippen LogP contribution in [0.25, 0.3) is 0 Å². The number of rotatable bonds is 3. The molecule has 0 aliphatic carbocycles. The predicted molar refractivity (Wildman–Crippen MR) is 70.9 cm³/mol. The van der Waals surface area contributed by atoms with Crippen LogP contribution in [0.5, 0.6) is 0 Å². The maximum absolute atomic E-state index is 12.3. The van der Waals surface area contributed by atoms with E-state index in [2.05, 4.69) is 0 Å². The Hall–Kier alpha value is -1.98. The van der Waals surface area contributed by atoms with Gasteiger partial charge in [-0.2, -0.15) is 8.42 Å². The van der Waals surface area contributed by atoms with E-state index in [-0.39, 0.29) is 16.2 Å². The Bertz CT molecular complexity index is 718. The Morgan fingerprint density at radius 1 is 1.05 bits per heavy atom. The number of benzene rings is 2. The second-order valence-electron chi connectivity index (χ2n) is 4.15. The summed E-state index contributed by atoms with van der Waals surface area (Å²) in [6.07, 6.45) is 0. The minimum atomic E-state index is -4.31. The molecule has 2 aromatic rings. The van der Waals surface area contributed by atoms with E-state index >= 15 is 0 Å². The van der Waals surface area contributed by atoms with Gasteiger partial charge in [0.25, 0.3) is 10.1 Å². The Morgan fingerprint density at radius 3 is 2.26 bits per heavy atom. The van der Waals surface area contributed by atoms with Gasteiger partial charge in [0, 0.05) is 11.1 Å². The van der Waals surface area contributed by atoms with Gasteiger partial charge >= 0.3 is 0 Å². The predicted octanol–water partition coefficient (Wildman–Crippen LogP) is 2.47. The molecule has 0 spiro atoms. The Labute approximate surface area is 111 Å². The van der Waals surface area contributed by atoms with Crippen molar-refractivity contribution in [1.29, 1.82) is 0 Å². The maximum atomic E-state index is 12.3. The molecule has 98 valence electrons. The summed E-state index contributed by atoms with van der Waals surface area (Å²) in [5, 5.41) is 0. The highest BCUT2D eigenvalue weighted by atomic mass is 32.2. The first-order valence-corrected chi connectivity index (χ1v) is 7.01. The van der Waals surface area contributed by atoms with Crippen LogP contribution in [-0.4, -0.2) is 18.8 Å². The summed E-state index contributed by atoms with van der Waals surface area (Å²) in [4.78, 5) is 12.0. The fourth-order valence-corrected chi connectivity index (χ4v) is 2.26. The first-order chi connectivity index (χ1) is 8.89. The smallest absolute Gasteiger partial charge is 0.289 e. The average molecular weight is 276 g/mol. The van der Waals surface area contributed by atoms with E-state index in [1.807, 2.05) is 0 Å². The third-order valence-corrected chi connectivity index (χ3v) is 3.64. The molecule has 2 rings (SSSR count). The van der Waals surface area contributed by atoms with Gasteiger partial charge in [-0.1, -0.05) is 36.4 Å². The number of ketones is 1. The molecular formula is C14H12O4S. The van der Waals surface area contributed by atoms with Gasteiger partial charge < -0.3 is 0 Å². The van der Waals surface area contributed by atoms with E-state index in [0.717, 1.165) is 0 Å². The Kier molecular flexibility index (Phi) is 3.50. The van der Waals surface area contributed by atoms with Crippen molar-refractivity contribution >= 4 is 15.9 Å². The summed E-state index contributed by atoms with van der Waals surface area (Å²) in [5.41, 5.74) is 1.39. The molecule has 0 aliphatic rings. The van der Waals surface area contributed by atoms with Gasteiger partial charge in [0.05, 0.1) is 4.90 Å². The molecule has 0 heterocycles. The molecule has 0 fully saturated rings. The Morgan fingerprint density at radius 2 is 1.68 bits per heavy atom. The first kappa shape index (κ1) is 13.5. The second-order valence-corrected chi connectivity index (χ2v) is 5.57. The molecule has 0 aromatic heterocycles. The zero-order valence-corrected chi connectivity index (χ0v) is 11.0. The Balaban J connectivity index is 2.54. The van der Waals surface area contributed by atoms with Crippen molar-refractivity contribution < 1.29 is 17.8 Å². The highest BCUT2D eigenvalue weighted by Gasteiger charge is 2.16. The molecule has 4 nitrogen and oxygen atoms in total. The number of carbonyl (C=O) groups is 1. The minimum Gasteiger partial charge on any atom is -0.289 e. The van der Waals surface area contributed by atoms with Crippen LogP contribution in [0.3, 0.4) is 0 Å². The molecular weight excluding hydrogens is 264 g/mol. The largest absolute Gasteiger partial charge is 0.294 e. The summed E-state index contributed by atoms with van der Waals surface area (Å²) >= 11 is 0. The number of hydrogen-bond donors (Lipinski definition) is 1. The van der Waals surface area contributed by atoms with Gasteiger partial charge in [-0.25, -0.2) is 0 Å². The molecule has 0 radical (unpaired) electrons. The summed E-state index contributed by atoms with van der Waals surface area (Å²) in [5.74, 6) is -0.274. The standard InChI is InChI=1S/C14H12O4S/c1-10-7-8-12(19(16,17)18)9-13(10)14(15)11-5-3-2-4-6-11/h2-9H,1H3,(H,16,17,18). The van der Waals surface area contributed by atoms with Crippen molar-refractivity contribution in [3.05, 3.63) is 65.2 Å². The molecule has 1 N–H and O–H groups in total. The van der Waals surface area contributed by atoms with Gasteiger partial charge in [0.1, 0.15) is 0 Å². The quantitative estimate of drug-likeness (QED) is 0.690. The van der Waals surface area contributed by atoms with Crippen LogP contribution in [0.15, 0.2) is 53.4 Å². The molecule has 0 saturated carbocycles. The summed E-state index contributed by atoms with van der Waals surface area (Å²) in [6.45, 7) is 1.71. The fraction of sp³-hybridized carbons (Fsp3) is 0.0714. The lowest BCUT2D eigenvalue weighted by atomic mass is 9.99. The van der Waals surface area contributed by atoms with Crippen molar-refractivity contribution in [3.8, 4) is 0 Å². The average Bonchev–Trinajstić information content (AvgIpc) is 2.38. The van der Waals surface area contributed by atoms with Crippen LogP contribution in [-0.2, 0) is 10.1 Å². The lowest BCUT2D eigenvalue weighted by molar-refractivity contribution is 0.103. The molecule has 2 aromatic carbocycles. The lowest BCUT2D eigenvalue weighted by Crippen LogP contribution is -2.06. The molecule has 0 saturated heterocycles. The van der Waals surface area contributed by atoms with Gasteiger partial charge in [-0.15, -0.1) is 0 Å². The third-order valence-electron chi connectivity index (χ3n) is 2.79. The van der Waals surface area contributed by atoms with Gasteiger partial charge in [0.2, 0.25) is 0 Å². The van der Waals surface area contributed by atoms with E-state index in [0.29, 0.717) is 11.1 Å². The number of carbonyl (C=O) groups excluding carboxylic acids is 1. The second kappa shape index (κ2) is 4.95. The van der Waals surface area contributed by atoms with Crippen molar-refractivity contribution in [2.75, 3.05) is 0 Å². The molecule has 19 heavy (non-hydrogen) atoms. The fourth-order valence-electron chi connectivity index (χ4n) is 1.75. The van der Waals surface area contributed by atoms with Crippen LogP contribution in [0.2, 0.25) is 0 Å². The van der Waals surface area contributed by atoms with E-state index in [4.69, 9.17) is 4.55 Å². The zero-order chi connectivity index (χ0) is 14.0. The monoisotopic (exact) mass is 276 g/mol. The third kappa shape index (κ3) is 2.89. The summed E-state index contributed by atoms with van der Waals surface area (Å²) < 4.78 is 31.2. The topological polar surface area (TPSA) is 71.4 Å². The van der Waals surface area contributed by atoms with Crippen LogP contribution in [0.4, 0.5) is 0 Å². The van der Waals surface area contributed by atoms with Crippen LogP contribution in [0.1, 0.15) is 21.5 Å². The molecule has 0 atom stereocenters. The van der Waals surface area contributed by atoms with E-state index < -0.39 is 10.1 Å². The molecule has 0 aliphatic heterocycles. The summed E-state index contributed by atoms with van der Waals surface area (Å²) in [7, 11) is -4.31. The SMILES string of the molecule is Cc1ccc(S(=O)(=O)O)cc1C(=O)c1ccccc1. The number of aryl methyl sites for hydroxylation is 1. The maximum Gasteiger partial charge on any atom is 0.294 e. The minimum absolute atomic E-state index is 0.265.